The van der Waals surface area contributed by atoms with Crippen molar-refractivity contribution in [3.8, 4) is 5.06 Å². The van der Waals surface area contributed by atoms with Gasteiger partial charge in [0, 0.05) is 0 Å². The van der Waals surface area contributed by atoms with Crippen LogP contribution in [-0.4, -0.2) is 7.11 Å². The molecule has 0 spiro atoms. The molecule has 0 aliphatic rings. The summed E-state index contributed by atoms with van der Waals surface area (Å²) < 4.78 is 29.5. The highest BCUT2D eigenvalue weighted by Crippen LogP contribution is 2.38. The molecule has 0 atom stereocenters. The number of hydrogen-bond acceptors (Lipinski definition) is 2. The normalized spacial score (nSPS) is 10.6. The molecule has 0 saturated carbocycles. The van der Waals surface area contributed by atoms with Crippen molar-refractivity contribution in [1.82, 2.24) is 0 Å². The number of methoxy groups -OCH3 is 1. The van der Waals surface area contributed by atoms with Crippen LogP contribution in [0.5, 0.6) is 5.06 Å². The molecule has 1 rings (SSSR count). The lowest BCUT2D eigenvalue weighted by Crippen LogP contribution is -1.75. The van der Waals surface area contributed by atoms with Crippen LogP contribution in [0.15, 0.2) is 10.5 Å². The molecule has 62 valence electrons. The van der Waals surface area contributed by atoms with E-state index in [1.54, 1.807) is 0 Å². The molecule has 1 heterocycles. The molecule has 0 aliphatic carbocycles. The summed E-state index contributed by atoms with van der Waals surface area (Å²) >= 11 is 4.05. The van der Waals surface area contributed by atoms with Crippen molar-refractivity contribution in [2.75, 3.05) is 7.11 Å². The summed E-state index contributed by atoms with van der Waals surface area (Å²) in [6.45, 7) is 0. The number of halogens is 3. The van der Waals surface area contributed by atoms with Crippen molar-refractivity contribution >= 4 is 27.3 Å². The van der Waals surface area contributed by atoms with Gasteiger partial charge in [-0.05, 0) is 22.0 Å². The van der Waals surface area contributed by atoms with Gasteiger partial charge in [0.25, 0.3) is 6.43 Å². The Morgan fingerprint density at radius 2 is 2.27 bits per heavy atom. The fourth-order valence-corrected chi connectivity index (χ4v) is 2.14. The van der Waals surface area contributed by atoms with Crippen molar-refractivity contribution in [2.24, 2.45) is 0 Å². The molecule has 0 bridgehead atoms. The third-order valence-electron chi connectivity index (χ3n) is 1.08. The Morgan fingerprint density at radius 1 is 1.64 bits per heavy atom. The average Bonchev–Trinajstić information content (AvgIpc) is 2.31. The Bertz CT molecular complexity index is 249. The quantitative estimate of drug-likeness (QED) is 0.772. The lowest BCUT2D eigenvalue weighted by molar-refractivity contribution is 0.155. The first-order valence-electron chi connectivity index (χ1n) is 2.76. The van der Waals surface area contributed by atoms with Crippen LogP contribution in [0.4, 0.5) is 8.78 Å². The molecule has 0 unspecified atom stereocenters. The van der Waals surface area contributed by atoms with E-state index in [1.807, 2.05) is 0 Å². The third kappa shape index (κ3) is 1.90. The van der Waals surface area contributed by atoms with E-state index < -0.39 is 6.43 Å². The van der Waals surface area contributed by atoms with E-state index in [-0.39, 0.29) is 4.88 Å². The summed E-state index contributed by atoms with van der Waals surface area (Å²) in [5.41, 5.74) is 0. The zero-order valence-corrected chi connectivity index (χ0v) is 8.01. The molecule has 0 radical (unpaired) electrons. The highest BCUT2D eigenvalue weighted by molar-refractivity contribution is 9.10. The van der Waals surface area contributed by atoms with Crippen LogP contribution in [0.2, 0.25) is 0 Å². The first-order valence-corrected chi connectivity index (χ1v) is 4.37. The highest BCUT2D eigenvalue weighted by Gasteiger charge is 2.14. The minimum Gasteiger partial charge on any atom is -0.486 e. The first kappa shape index (κ1) is 8.93. The number of thiophene rings is 1. The molecule has 0 amide bonds. The topological polar surface area (TPSA) is 9.23 Å². The fourth-order valence-electron chi connectivity index (χ4n) is 0.616. The minimum atomic E-state index is -2.42. The monoisotopic (exact) mass is 242 g/mol. The largest absolute Gasteiger partial charge is 0.486 e. The number of alkyl halides is 2. The molecule has 1 aromatic heterocycles. The third-order valence-corrected chi connectivity index (χ3v) is 3.03. The maximum atomic E-state index is 12.0. The maximum absolute atomic E-state index is 12.0. The van der Waals surface area contributed by atoms with Gasteiger partial charge in [0.1, 0.15) is 0 Å². The molecule has 11 heavy (non-hydrogen) atoms. The molecule has 5 heteroatoms. The molecular formula is C6H5BrF2OS. The van der Waals surface area contributed by atoms with Gasteiger partial charge in [0.2, 0.25) is 0 Å². The number of rotatable bonds is 2. The highest BCUT2D eigenvalue weighted by atomic mass is 79.9. The van der Waals surface area contributed by atoms with Gasteiger partial charge in [-0.3, -0.25) is 0 Å². The van der Waals surface area contributed by atoms with Gasteiger partial charge in [-0.1, -0.05) is 11.3 Å². The molecule has 1 aromatic rings. The second kappa shape index (κ2) is 3.49. The Morgan fingerprint density at radius 3 is 2.55 bits per heavy atom. The van der Waals surface area contributed by atoms with Crippen LogP contribution in [0.25, 0.3) is 0 Å². The van der Waals surface area contributed by atoms with Crippen molar-refractivity contribution < 1.29 is 13.5 Å². The van der Waals surface area contributed by atoms with E-state index in [4.69, 9.17) is 4.74 Å². The summed E-state index contributed by atoms with van der Waals surface area (Å²) in [4.78, 5) is 0.0220. The molecular weight excluding hydrogens is 238 g/mol. The zero-order chi connectivity index (χ0) is 8.43. The standard InChI is InChI=1S/C6H5BrF2OS/c1-10-6-3(7)2-4(11-6)5(8)9/h2,5H,1H3. The average molecular weight is 243 g/mol. The SMILES string of the molecule is COc1sc(C(F)F)cc1Br. The van der Waals surface area contributed by atoms with Gasteiger partial charge < -0.3 is 4.74 Å². The molecule has 0 aromatic carbocycles. The lowest BCUT2D eigenvalue weighted by Gasteiger charge is -1.92. The second-order valence-corrected chi connectivity index (χ2v) is 3.69. The second-order valence-electron chi connectivity index (χ2n) is 1.79. The number of hydrogen-bond donors (Lipinski definition) is 0. The van der Waals surface area contributed by atoms with Crippen LogP contribution in [0.3, 0.4) is 0 Å². The van der Waals surface area contributed by atoms with Crippen LogP contribution in [0, 0.1) is 0 Å². The van der Waals surface area contributed by atoms with Crippen LogP contribution in [-0.2, 0) is 0 Å². The van der Waals surface area contributed by atoms with Crippen LogP contribution >= 0.6 is 27.3 Å². The summed E-state index contributed by atoms with van der Waals surface area (Å²) in [6.07, 6.45) is -2.42. The Balaban J connectivity index is 2.95. The predicted molar refractivity (Wildman–Crippen MR) is 43.5 cm³/mol. The van der Waals surface area contributed by atoms with Gasteiger partial charge in [0.15, 0.2) is 5.06 Å². The summed E-state index contributed by atoms with van der Waals surface area (Å²) in [7, 11) is 1.45. The number of ether oxygens (including phenoxy) is 1. The summed E-state index contributed by atoms with van der Waals surface area (Å²) in [6, 6.07) is 1.37. The maximum Gasteiger partial charge on any atom is 0.273 e. The Kier molecular flexibility index (Phi) is 2.84. The van der Waals surface area contributed by atoms with Gasteiger partial charge >= 0.3 is 0 Å². The predicted octanol–water partition coefficient (Wildman–Crippen LogP) is 3.46. The van der Waals surface area contributed by atoms with Gasteiger partial charge in [0.05, 0.1) is 16.5 Å². The summed E-state index contributed by atoms with van der Waals surface area (Å²) in [5, 5.41) is 0.486. The molecule has 0 N–H and O–H groups in total. The van der Waals surface area contributed by atoms with E-state index in [1.165, 1.54) is 13.2 Å². The zero-order valence-electron chi connectivity index (χ0n) is 5.61. The molecule has 0 aliphatic heterocycles. The van der Waals surface area contributed by atoms with E-state index in [9.17, 15) is 8.78 Å². The van der Waals surface area contributed by atoms with Crippen LogP contribution < -0.4 is 4.74 Å². The lowest BCUT2D eigenvalue weighted by atomic mass is 10.5. The first-order chi connectivity index (χ1) is 5.15. The molecule has 0 fully saturated rings. The van der Waals surface area contributed by atoms with E-state index in [0.29, 0.717) is 9.54 Å². The van der Waals surface area contributed by atoms with Crippen molar-refractivity contribution in [3.63, 3.8) is 0 Å². The van der Waals surface area contributed by atoms with E-state index >= 15 is 0 Å². The smallest absolute Gasteiger partial charge is 0.273 e. The van der Waals surface area contributed by atoms with Crippen molar-refractivity contribution in [1.29, 1.82) is 0 Å². The van der Waals surface area contributed by atoms with Gasteiger partial charge in [-0.15, -0.1) is 0 Å². The van der Waals surface area contributed by atoms with Crippen LogP contribution in [0.1, 0.15) is 11.3 Å². The molecule has 1 nitrogen and oxygen atoms in total. The van der Waals surface area contributed by atoms with E-state index in [2.05, 4.69) is 15.9 Å². The summed E-state index contributed by atoms with van der Waals surface area (Å²) in [5.74, 6) is 0. The van der Waals surface area contributed by atoms with Crippen molar-refractivity contribution in [3.05, 3.63) is 15.4 Å². The van der Waals surface area contributed by atoms with E-state index in [0.717, 1.165) is 11.3 Å². The Hall–Kier alpha value is -0.160. The Labute approximate surface area is 75.1 Å². The minimum absolute atomic E-state index is 0.0220. The van der Waals surface area contributed by atoms with Gasteiger partial charge in [-0.2, -0.15) is 0 Å². The van der Waals surface area contributed by atoms with Gasteiger partial charge in [-0.25, -0.2) is 8.78 Å². The fraction of sp³-hybridized carbons (Fsp3) is 0.333. The molecule has 0 saturated heterocycles. The van der Waals surface area contributed by atoms with Crippen molar-refractivity contribution in [2.45, 2.75) is 6.43 Å².